The van der Waals surface area contributed by atoms with Crippen LogP contribution in [0.4, 0.5) is 5.69 Å². The number of hydrogen-bond acceptors (Lipinski definition) is 5. The van der Waals surface area contributed by atoms with Crippen LogP contribution in [0, 0.1) is 5.92 Å². The first-order valence-electron chi connectivity index (χ1n) is 8.93. The number of benzene rings is 1. The van der Waals surface area contributed by atoms with E-state index in [0.29, 0.717) is 17.3 Å². The number of para-hydroxylation sites is 1. The first-order chi connectivity index (χ1) is 13.2. The van der Waals surface area contributed by atoms with Crippen molar-refractivity contribution in [1.29, 1.82) is 0 Å². The summed E-state index contributed by atoms with van der Waals surface area (Å²) in [5.74, 6) is -2.20. The zero-order valence-corrected chi connectivity index (χ0v) is 16.9. The van der Waals surface area contributed by atoms with Gasteiger partial charge in [0.1, 0.15) is 0 Å². The molecule has 1 unspecified atom stereocenters. The van der Waals surface area contributed by atoms with Gasteiger partial charge in [-0.05, 0) is 26.0 Å². The Bertz CT molecular complexity index is 768. The molecule has 152 valence electrons. The number of esters is 1. The Balaban J connectivity index is 1.78. The second-order valence-electron chi connectivity index (χ2n) is 6.93. The molecule has 28 heavy (non-hydrogen) atoms. The van der Waals surface area contributed by atoms with Gasteiger partial charge in [-0.3, -0.25) is 19.2 Å². The Morgan fingerprint density at radius 2 is 2.00 bits per heavy atom. The molecule has 1 aromatic rings. The van der Waals surface area contributed by atoms with Crippen molar-refractivity contribution in [2.24, 2.45) is 5.92 Å². The van der Waals surface area contributed by atoms with E-state index < -0.39 is 30.3 Å². The van der Waals surface area contributed by atoms with Gasteiger partial charge in [0.25, 0.3) is 5.91 Å². The first kappa shape index (κ1) is 21.7. The molecule has 9 heteroatoms. The second-order valence-corrected chi connectivity index (χ2v) is 7.33. The summed E-state index contributed by atoms with van der Waals surface area (Å²) >= 11 is 5.97. The number of hydrogen-bond donors (Lipinski definition) is 1. The predicted molar refractivity (Wildman–Crippen MR) is 104 cm³/mol. The van der Waals surface area contributed by atoms with Gasteiger partial charge in [-0.1, -0.05) is 23.7 Å². The summed E-state index contributed by atoms with van der Waals surface area (Å²) in [6.07, 6.45) is 0.0846. The van der Waals surface area contributed by atoms with Gasteiger partial charge >= 0.3 is 5.97 Å². The van der Waals surface area contributed by atoms with E-state index >= 15 is 0 Å². The van der Waals surface area contributed by atoms with Crippen LogP contribution in [0.2, 0.25) is 5.02 Å². The van der Waals surface area contributed by atoms with Gasteiger partial charge in [-0.2, -0.15) is 0 Å². The molecule has 0 aromatic heterocycles. The summed E-state index contributed by atoms with van der Waals surface area (Å²) in [6.45, 7) is 3.33. The lowest BCUT2D eigenvalue weighted by molar-refractivity contribution is -0.155. The standard InChI is InChI=1S/C19H24ClN3O5/c1-12(2)23-9-13(8-17(23)25)19(27)28-11-18(26)22(3)10-16(24)21-15-7-5-4-6-14(15)20/h4-7,12-13H,8-11H2,1-3H3,(H,21,24). The molecule has 0 radical (unpaired) electrons. The third kappa shape index (κ3) is 5.69. The maximum Gasteiger partial charge on any atom is 0.311 e. The number of nitrogens with one attached hydrogen (secondary N) is 1. The van der Waals surface area contributed by atoms with Crippen LogP contribution >= 0.6 is 11.6 Å². The second kappa shape index (κ2) is 9.54. The Morgan fingerprint density at radius 3 is 2.61 bits per heavy atom. The zero-order valence-electron chi connectivity index (χ0n) is 16.1. The highest BCUT2D eigenvalue weighted by Gasteiger charge is 2.36. The summed E-state index contributed by atoms with van der Waals surface area (Å²) in [5, 5.41) is 3.00. The van der Waals surface area contributed by atoms with Crippen LogP contribution in [0.1, 0.15) is 20.3 Å². The van der Waals surface area contributed by atoms with E-state index in [2.05, 4.69) is 5.32 Å². The van der Waals surface area contributed by atoms with Crippen LogP contribution in [-0.2, 0) is 23.9 Å². The number of amides is 3. The van der Waals surface area contributed by atoms with Crippen LogP contribution in [0.25, 0.3) is 0 Å². The summed E-state index contributed by atoms with van der Waals surface area (Å²) in [5.41, 5.74) is 0.446. The Labute approximate surface area is 168 Å². The molecular formula is C19H24ClN3O5. The van der Waals surface area contributed by atoms with Crippen molar-refractivity contribution in [3.8, 4) is 0 Å². The van der Waals surface area contributed by atoms with Crippen molar-refractivity contribution in [1.82, 2.24) is 9.80 Å². The van der Waals surface area contributed by atoms with Crippen LogP contribution in [0.3, 0.4) is 0 Å². The van der Waals surface area contributed by atoms with Crippen molar-refractivity contribution in [3.05, 3.63) is 29.3 Å². The van der Waals surface area contributed by atoms with E-state index in [1.165, 1.54) is 7.05 Å². The Morgan fingerprint density at radius 1 is 1.32 bits per heavy atom. The molecular weight excluding hydrogens is 386 g/mol. The molecule has 1 aliphatic heterocycles. The van der Waals surface area contributed by atoms with E-state index in [0.717, 1.165) is 4.90 Å². The number of anilines is 1. The van der Waals surface area contributed by atoms with E-state index in [-0.39, 0.29) is 24.9 Å². The monoisotopic (exact) mass is 409 g/mol. The van der Waals surface area contributed by atoms with E-state index in [4.69, 9.17) is 16.3 Å². The quantitative estimate of drug-likeness (QED) is 0.689. The lowest BCUT2D eigenvalue weighted by Gasteiger charge is -2.20. The van der Waals surface area contributed by atoms with Crippen LogP contribution in [0.15, 0.2) is 24.3 Å². The molecule has 1 aromatic carbocycles. The van der Waals surface area contributed by atoms with Crippen molar-refractivity contribution in [3.63, 3.8) is 0 Å². The number of carbonyl (C=O) groups is 4. The number of likely N-dealkylation sites (N-methyl/N-ethyl adjacent to an activating group) is 1. The minimum atomic E-state index is -0.584. The molecule has 0 bridgehead atoms. The summed E-state index contributed by atoms with van der Waals surface area (Å²) < 4.78 is 5.04. The molecule has 1 atom stereocenters. The fraction of sp³-hybridized carbons (Fsp3) is 0.474. The molecule has 1 aliphatic rings. The Kier molecular flexibility index (Phi) is 7.39. The number of carbonyl (C=O) groups excluding carboxylic acids is 4. The summed E-state index contributed by atoms with van der Waals surface area (Å²) in [6, 6.07) is 6.76. The number of nitrogens with zero attached hydrogens (tertiary/aromatic N) is 2. The lowest BCUT2D eigenvalue weighted by Crippen LogP contribution is -2.38. The average Bonchev–Trinajstić information content (AvgIpc) is 3.03. The van der Waals surface area contributed by atoms with Gasteiger partial charge in [0.05, 0.1) is 23.2 Å². The third-order valence-corrected chi connectivity index (χ3v) is 4.74. The molecule has 1 heterocycles. The van der Waals surface area contributed by atoms with Gasteiger partial charge < -0.3 is 19.9 Å². The minimum Gasteiger partial charge on any atom is -0.455 e. The molecule has 1 saturated heterocycles. The smallest absolute Gasteiger partial charge is 0.311 e. The third-order valence-electron chi connectivity index (χ3n) is 4.41. The molecule has 1 N–H and O–H groups in total. The van der Waals surface area contributed by atoms with Gasteiger partial charge in [0, 0.05) is 26.1 Å². The molecule has 0 aliphatic carbocycles. The van der Waals surface area contributed by atoms with Gasteiger partial charge in [-0.25, -0.2) is 0 Å². The van der Waals surface area contributed by atoms with Crippen LogP contribution in [-0.4, -0.2) is 66.3 Å². The van der Waals surface area contributed by atoms with E-state index in [1.807, 2.05) is 13.8 Å². The van der Waals surface area contributed by atoms with Gasteiger partial charge in [-0.15, -0.1) is 0 Å². The normalized spacial score (nSPS) is 16.2. The molecule has 8 nitrogen and oxygen atoms in total. The van der Waals surface area contributed by atoms with Crippen LogP contribution in [0.5, 0.6) is 0 Å². The van der Waals surface area contributed by atoms with E-state index in [9.17, 15) is 19.2 Å². The average molecular weight is 410 g/mol. The fourth-order valence-corrected chi connectivity index (χ4v) is 2.99. The SMILES string of the molecule is CC(C)N1CC(C(=O)OCC(=O)N(C)CC(=O)Nc2ccccc2Cl)CC1=O. The number of ether oxygens (including phenoxy) is 1. The highest BCUT2D eigenvalue weighted by Crippen LogP contribution is 2.21. The predicted octanol–water partition coefficient (Wildman–Crippen LogP) is 1.54. The minimum absolute atomic E-state index is 0.00898. The highest BCUT2D eigenvalue weighted by atomic mass is 35.5. The van der Waals surface area contributed by atoms with Crippen molar-refractivity contribution >= 4 is 41.0 Å². The van der Waals surface area contributed by atoms with E-state index in [1.54, 1.807) is 29.2 Å². The molecule has 0 saturated carbocycles. The highest BCUT2D eigenvalue weighted by molar-refractivity contribution is 6.33. The summed E-state index contributed by atoms with van der Waals surface area (Å²) in [4.78, 5) is 50.9. The first-order valence-corrected chi connectivity index (χ1v) is 9.31. The van der Waals surface area contributed by atoms with Crippen molar-refractivity contribution in [2.75, 3.05) is 32.1 Å². The molecule has 1 fully saturated rings. The van der Waals surface area contributed by atoms with Crippen molar-refractivity contribution < 1.29 is 23.9 Å². The maximum atomic E-state index is 12.1. The van der Waals surface area contributed by atoms with Crippen molar-refractivity contribution in [2.45, 2.75) is 26.3 Å². The van der Waals surface area contributed by atoms with Crippen LogP contribution < -0.4 is 5.32 Å². The number of halogens is 1. The van der Waals surface area contributed by atoms with Gasteiger partial charge in [0.2, 0.25) is 11.8 Å². The Hall–Kier alpha value is -2.61. The van der Waals surface area contributed by atoms with Gasteiger partial charge in [0.15, 0.2) is 6.61 Å². The topological polar surface area (TPSA) is 96.0 Å². The molecule has 0 spiro atoms. The summed E-state index contributed by atoms with van der Waals surface area (Å²) in [7, 11) is 1.43. The molecule has 3 amide bonds. The molecule has 2 rings (SSSR count). The lowest BCUT2D eigenvalue weighted by atomic mass is 10.1. The number of likely N-dealkylation sites (tertiary alicyclic amines) is 1. The largest absolute Gasteiger partial charge is 0.455 e. The zero-order chi connectivity index (χ0) is 20.8. The number of rotatable bonds is 7. The maximum absolute atomic E-state index is 12.1. The fourth-order valence-electron chi connectivity index (χ4n) is 2.81.